The van der Waals surface area contributed by atoms with Crippen molar-refractivity contribution in [2.24, 2.45) is 5.10 Å². The van der Waals surface area contributed by atoms with Gasteiger partial charge in [0, 0.05) is 12.1 Å². The van der Waals surface area contributed by atoms with Gasteiger partial charge in [-0.05, 0) is 31.1 Å². The van der Waals surface area contributed by atoms with Gasteiger partial charge < -0.3 is 5.32 Å². The predicted molar refractivity (Wildman–Crippen MR) is 79.7 cm³/mol. The number of nitro groups is 1. The number of rotatable bonds is 4. The molecule has 0 saturated heterocycles. The first-order valence-corrected chi connectivity index (χ1v) is 7.21. The summed E-state index contributed by atoms with van der Waals surface area (Å²) in [7, 11) is 0. The van der Waals surface area contributed by atoms with Gasteiger partial charge in [0.25, 0.3) is 0 Å². The van der Waals surface area contributed by atoms with Crippen LogP contribution in [0.3, 0.4) is 0 Å². The molecule has 1 aliphatic rings. The third kappa shape index (κ3) is 4.25. The molecule has 0 unspecified atom stereocenters. The fourth-order valence-electron chi connectivity index (χ4n) is 1.95. The first kappa shape index (κ1) is 13.9. The highest BCUT2D eigenvalue weighted by atomic mass is 32.1. The largest absolute Gasteiger partial charge is 0.359 e. The van der Waals surface area contributed by atoms with Crippen molar-refractivity contribution in [3.63, 3.8) is 0 Å². The van der Waals surface area contributed by atoms with Crippen molar-refractivity contribution in [2.45, 2.75) is 31.7 Å². The molecule has 1 fully saturated rings. The zero-order valence-electron chi connectivity index (χ0n) is 10.2. The molecule has 0 atom stereocenters. The van der Waals surface area contributed by atoms with Crippen LogP contribution in [-0.2, 0) is 0 Å². The Balaban J connectivity index is 1.78. The van der Waals surface area contributed by atoms with Gasteiger partial charge in [-0.15, -0.1) is 0 Å². The summed E-state index contributed by atoms with van der Waals surface area (Å²) in [5.41, 5.74) is 2.72. The Labute approximate surface area is 120 Å². The van der Waals surface area contributed by atoms with E-state index >= 15 is 0 Å². The molecule has 6 nitrogen and oxygen atoms in total. The van der Waals surface area contributed by atoms with Crippen LogP contribution in [0.4, 0.5) is 5.00 Å². The maximum Gasteiger partial charge on any atom is 0.324 e. The number of nitrogens with zero attached hydrogens (tertiary/aromatic N) is 2. The second kappa shape index (κ2) is 6.58. The lowest BCUT2D eigenvalue weighted by molar-refractivity contribution is -0.380. The number of hydrogen-bond donors (Lipinski definition) is 2. The standard InChI is InChI=1S/C11H14N4O2S2/c16-15(17)10-6-5-9(19-10)7-12-14-11(18)13-8-3-1-2-4-8/h5-8H,1-4H2,(H2,13,14,18)/b12-7+. The molecule has 0 radical (unpaired) electrons. The van der Waals surface area contributed by atoms with Gasteiger partial charge in [-0.2, -0.15) is 5.10 Å². The zero-order valence-corrected chi connectivity index (χ0v) is 11.8. The fraction of sp³-hybridized carbons (Fsp3) is 0.455. The number of hydrogen-bond acceptors (Lipinski definition) is 5. The maximum atomic E-state index is 10.5. The summed E-state index contributed by atoms with van der Waals surface area (Å²) < 4.78 is 0. The molecule has 1 aliphatic carbocycles. The highest BCUT2D eigenvalue weighted by Crippen LogP contribution is 2.22. The van der Waals surface area contributed by atoms with Crippen LogP contribution in [0.25, 0.3) is 0 Å². The minimum atomic E-state index is -0.415. The summed E-state index contributed by atoms with van der Waals surface area (Å²) in [6, 6.07) is 3.56. The van der Waals surface area contributed by atoms with Gasteiger partial charge in [-0.25, -0.2) is 0 Å². The molecule has 1 heterocycles. The third-order valence-corrected chi connectivity index (χ3v) is 4.02. The Bertz CT molecular complexity index is 495. The summed E-state index contributed by atoms with van der Waals surface area (Å²) in [5, 5.41) is 18.3. The highest BCUT2D eigenvalue weighted by molar-refractivity contribution is 7.80. The molecule has 1 aromatic heterocycles. The van der Waals surface area contributed by atoms with Gasteiger partial charge in [0.1, 0.15) is 0 Å². The van der Waals surface area contributed by atoms with Crippen LogP contribution in [0.2, 0.25) is 0 Å². The van der Waals surface area contributed by atoms with Crippen molar-refractivity contribution >= 4 is 39.9 Å². The minimum Gasteiger partial charge on any atom is -0.359 e. The van der Waals surface area contributed by atoms with Crippen LogP contribution in [-0.4, -0.2) is 22.3 Å². The van der Waals surface area contributed by atoms with Crippen molar-refractivity contribution in [2.75, 3.05) is 0 Å². The lowest BCUT2D eigenvalue weighted by Crippen LogP contribution is -2.38. The zero-order chi connectivity index (χ0) is 13.7. The van der Waals surface area contributed by atoms with E-state index in [1.165, 1.54) is 25.1 Å². The van der Waals surface area contributed by atoms with E-state index in [1.807, 2.05) is 0 Å². The quantitative estimate of drug-likeness (QED) is 0.386. The second-order valence-corrected chi connectivity index (χ2v) is 5.76. The van der Waals surface area contributed by atoms with Crippen LogP contribution in [0.5, 0.6) is 0 Å². The lowest BCUT2D eigenvalue weighted by atomic mass is 10.3. The molecule has 2 N–H and O–H groups in total. The summed E-state index contributed by atoms with van der Waals surface area (Å²) >= 11 is 6.19. The summed E-state index contributed by atoms with van der Waals surface area (Å²) in [6.45, 7) is 0. The average Bonchev–Trinajstić information content (AvgIpc) is 3.00. The van der Waals surface area contributed by atoms with Gasteiger partial charge in [-0.3, -0.25) is 15.5 Å². The van der Waals surface area contributed by atoms with Crippen LogP contribution in [0.15, 0.2) is 17.2 Å². The molecule has 1 saturated carbocycles. The first-order valence-electron chi connectivity index (χ1n) is 5.99. The van der Waals surface area contributed by atoms with Crippen molar-refractivity contribution in [1.82, 2.24) is 10.7 Å². The van der Waals surface area contributed by atoms with Gasteiger partial charge >= 0.3 is 5.00 Å². The fourth-order valence-corrected chi connectivity index (χ4v) is 2.87. The van der Waals surface area contributed by atoms with Crippen LogP contribution < -0.4 is 10.7 Å². The lowest BCUT2D eigenvalue weighted by Gasteiger charge is -2.12. The molecular formula is C11H14N4O2S2. The molecule has 0 aliphatic heterocycles. The molecule has 102 valence electrons. The molecule has 0 bridgehead atoms. The summed E-state index contributed by atoms with van der Waals surface area (Å²) in [6.07, 6.45) is 6.29. The molecule has 0 amide bonds. The Kier molecular flexibility index (Phi) is 4.80. The van der Waals surface area contributed by atoms with E-state index in [2.05, 4.69) is 15.8 Å². The molecule has 2 rings (SSSR count). The first-order chi connectivity index (χ1) is 9.15. The van der Waals surface area contributed by atoms with E-state index in [1.54, 1.807) is 6.07 Å². The monoisotopic (exact) mass is 298 g/mol. The topological polar surface area (TPSA) is 79.6 Å². The Morgan fingerprint density at radius 2 is 2.26 bits per heavy atom. The Morgan fingerprint density at radius 3 is 2.89 bits per heavy atom. The molecule has 0 spiro atoms. The maximum absolute atomic E-state index is 10.5. The van der Waals surface area contributed by atoms with Crippen molar-refractivity contribution in [3.8, 4) is 0 Å². The van der Waals surface area contributed by atoms with Crippen LogP contribution in [0.1, 0.15) is 30.6 Å². The summed E-state index contributed by atoms with van der Waals surface area (Å²) in [4.78, 5) is 10.8. The van der Waals surface area contributed by atoms with Gasteiger partial charge in [-0.1, -0.05) is 24.2 Å². The third-order valence-electron chi connectivity index (χ3n) is 2.84. The van der Waals surface area contributed by atoms with Gasteiger partial charge in [0.2, 0.25) is 0 Å². The average molecular weight is 298 g/mol. The number of thiocarbonyl (C=S) groups is 1. The van der Waals surface area contributed by atoms with E-state index < -0.39 is 4.92 Å². The van der Waals surface area contributed by atoms with Crippen molar-refractivity contribution in [3.05, 3.63) is 27.1 Å². The number of thiophene rings is 1. The minimum absolute atomic E-state index is 0.105. The van der Waals surface area contributed by atoms with Crippen molar-refractivity contribution < 1.29 is 4.92 Å². The van der Waals surface area contributed by atoms with Gasteiger partial charge in [0.15, 0.2) is 5.11 Å². The second-order valence-electron chi connectivity index (χ2n) is 4.26. The van der Waals surface area contributed by atoms with Gasteiger partial charge in [0.05, 0.1) is 16.0 Å². The molecule has 8 heteroatoms. The SMILES string of the molecule is O=[N+]([O-])c1ccc(/C=N/NC(=S)NC2CCCC2)s1. The predicted octanol–water partition coefficient (Wildman–Crippen LogP) is 2.40. The van der Waals surface area contributed by atoms with Crippen LogP contribution >= 0.6 is 23.6 Å². The number of nitrogens with one attached hydrogen (secondary N) is 2. The smallest absolute Gasteiger partial charge is 0.324 e. The van der Waals surface area contributed by atoms with E-state index in [9.17, 15) is 10.1 Å². The van der Waals surface area contributed by atoms with E-state index in [4.69, 9.17) is 12.2 Å². The molecular weight excluding hydrogens is 284 g/mol. The normalized spacial score (nSPS) is 15.8. The van der Waals surface area contributed by atoms with E-state index in [0.717, 1.165) is 24.2 Å². The Hall–Kier alpha value is -1.54. The van der Waals surface area contributed by atoms with E-state index in [0.29, 0.717) is 16.0 Å². The molecule has 1 aromatic rings. The summed E-state index contributed by atoms with van der Waals surface area (Å²) in [5.74, 6) is 0. The van der Waals surface area contributed by atoms with E-state index in [-0.39, 0.29) is 5.00 Å². The molecule has 19 heavy (non-hydrogen) atoms. The molecule has 0 aromatic carbocycles. The number of hydrazone groups is 1. The highest BCUT2D eigenvalue weighted by Gasteiger charge is 2.15. The van der Waals surface area contributed by atoms with Crippen LogP contribution in [0, 0.1) is 10.1 Å². The van der Waals surface area contributed by atoms with Crippen molar-refractivity contribution in [1.29, 1.82) is 0 Å². The Morgan fingerprint density at radius 1 is 1.53 bits per heavy atom.